The van der Waals surface area contributed by atoms with Gasteiger partial charge in [0.05, 0.1) is 17.7 Å². The Labute approximate surface area is 118 Å². The minimum atomic E-state index is -0.0250. The minimum Gasteiger partial charge on any atom is -0.492 e. The lowest BCUT2D eigenvalue weighted by Gasteiger charge is -2.27. The van der Waals surface area contributed by atoms with Crippen molar-refractivity contribution in [3.8, 4) is 5.75 Å². The van der Waals surface area contributed by atoms with Crippen LogP contribution in [-0.2, 0) is 4.79 Å². The third kappa shape index (κ3) is 3.61. The lowest BCUT2D eigenvalue weighted by atomic mass is 10.00. The topological polar surface area (TPSA) is 64.4 Å². The Kier molecular flexibility index (Phi) is 4.66. The van der Waals surface area contributed by atoms with Crippen molar-refractivity contribution in [1.29, 1.82) is 0 Å². The minimum absolute atomic E-state index is 0.0233. The number of nitrogens with two attached hydrogens (primary N) is 1. The first-order valence-corrected chi connectivity index (χ1v) is 6.92. The van der Waals surface area contributed by atoms with Crippen LogP contribution in [-0.4, -0.2) is 18.6 Å². The van der Waals surface area contributed by atoms with E-state index in [1.165, 1.54) is 0 Å². The SMILES string of the molecule is CC(N)CCC(=O)NC1CCOc2c(Cl)cccc21. The highest BCUT2D eigenvalue weighted by Crippen LogP contribution is 2.37. The number of carbonyl (C=O) groups is 1. The van der Waals surface area contributed by atoms with E-state index >= 15 is 0 Å². The number of amides is 1. The summed E-state index contributed by atoms with van der Waals surface area (Å²) in [6.45, 7) is 2.46. The number of fused-ring (bicyclic) bond motifs is 1. The summed E-state index contributed by atoms with van der Waals surface area (Å²) in [6, 6.07) is 5.62. The fourth-order valence-electron chi connectivity index (χ4n) is 2.16. The van der Waals surface area contributed by atoms with Crippen LogP contribution in [0.1, 0.15) is 37.8 Å². The normalized spacial score (nSPS) is 19.2. The van der Waals surface area contributed by atoms with Gasteiger partial charge in [-0.25, -0.2) is 0 Å². The molecule has 0 saturated carbocycles. The van der Waals surface area contributed by atoms with Crippen LogP contribution in [0.5, 0.6) is 5.75 Å². The quantitative estimate of drug-likeness (QED) is 0.891. The van der Waals surface area contributed by atoms with Crippen LogP contribution in [0.4, 0.5) is 0 Å². The Balaban J connectivity index is 2.03. The van der Waals surface area contributed by atoms with Gasteiger partial charge in [0.25, 0.3) is 0 Å². The molecule has 1 aliphatic heterocycles. The Bertz CT molecular complexity index is 463. The van der Waals surface area contributed by atoms with Crippen molar-refractivity contribution in [2.45, 2.75) is 38.3 Å². The van der Waals surface area contributed by atoms with Gasteiger partial charge >= 0.3 is 0 Å². The summed E-state index contributed by atoms with van der Waals surface area (Å²) in [7, 11) is 0. The number of nitrogens with one attached hydrogen (secondary N) is 1. The summed E-state index contributed by atoms with van der Waals surface area (Å²) in [5.41, 5.74) is 6.60. The number of ether oxygens (including phenoxy) is 1. The van der Waals surface area contributed by atoms with Gasteiger partial charge in [0.15, 0.2) is 0 Å². The highest BCUT2D eigenvalue weighted by molar-refractivity contribution is 6.32. The van der Waals surface area contributed by atoms with Crippen LogP contribution in [0.2, 0.25) is 5.02 Å². The molecule has 0 radical (unpaired) electrons. The molecule has 2 unspecified atom stereocenters. The van der Waals surface area contributed by atoms with E-state index < -0.39 is 0 Å². The first-order valence-electron chi connectivity index (χ1n) is 6.54. The molecule has 104 valence electrons. The fourth-order valence-corrected chi connectivity index (χ4v) is 2.40. The summed E-state index contributed by atoms with van der Waals surface area (Å²) in [5, 5.41) is 3.61. The van der Waals surface area contributed by atoms with Crippen molar-refractivity contribution in [1.82, 2.24) is 5.32 Å². The zero-order chi connectivity index (χ0) is 13.8. The number of benzene rings is 1. The Morgan fingerprint density at radius 3 is 3.16 bits per heavy atom. The molecule has 0 aromatic heterocycles. The van der Waals surface area contributed by atoms with Gasteiger partial charge in [0.1, 0.15) is 5.75 Å². The van der Waals surface area contributed by atoms with Crippen molar-refractivity contribution >= 4 is 17.5 Å². The zero-order valence-corrected chi connectivity index (χ0v) is 11.7. The number of halogens is 1. The van der Waals surface area contributed by atoms with E-state index in [1.807, 2.05) is 19.1 Å². The number of carbonyl (C=O) groups excluding carboxylic acids is 1. The highest BCUT2D eigenvalue weighted by Gasteiger charge is 2.24. The van der Waals surface area contributed by atoms with Crippen LogP contribution in [0.3, 0.4) is 0 Å². The largest absolute Gasteiger partial charge is 0.492 e. The third-order valence-corrected chi connectivity index (χ3v) is 3.49. The van der Waals surface area contributed by atoms with Crippen LogP contribution in [0.25, 0.3) is 0 Å². The third-order valence-electron chi connectivity index (χ3n) is 3.19. The molecule has 3 N–H and O–H groups in total. The zero-order valence-electron chi connectivity index (χ0n) is 11.0. The fraction of sp³-hybridized carbons (Fsp3) is 0.500. The van der Waals surface area contributed by atoms with Gasteiger partial charge in [0.2, 0.25) is 5.91 Å². The second kappa shape index (κ2) is 6.26. The van der Waals surface area contributed by atoms with Crippen molar-refractivity contribution in [3.63, 3.8) is 0 Å². The number of hydrogen-bond donors (Lipinski definition) is 2. The lowest BCUT2D eigenvalue weighted by Crippen LogP contribution is -2.33. The lowest BCUT2D eigenvalue weighted by molar-refractivity contribution is -0.122. The number of rotatable bonds is 4. The van der Waals surface area contributed by atoms with E-state index in [0.29, 0.717) is 30.2 Å². The predicted molar refractivity (Wildman–Crippen MR) is 75.3 cm³/mol. The van der Waals surface area contributed by atoms with Crippen molar-refractivity contribution in [2.24, 2.45) is 5.73 Å². The molecule has 0 spiro atoms. The van der Waals surface area contributed by atoms with Crippen molar-refractivity contribution in [3.05, 3.63) is 28.8 Å². The summed E-state index contributed by atoms with van der Waals surface area (Å²) in [4.78, 5) is 11.9. The molecule has 4 nitrogen and oxygen atoms in total. The molecule has 5 heteroatoms. The van der Waals surface area contributed by atoms with Crippen LogP contribution in [0, 0.1) is 0 Å². The smallest absolute Gasteiger partial charge is 0.220 e. The van der Waals surface area contributed by atoms with Gasteiger partial charge in [-0.3, -0.25) is 4.79 Å². The summed E-state index contributed by atoms with van der Waals surface area (Å²) in [6.07, 6.45) is 1.90. The van der Waals surface area contributed by atoms with E-state index in [0.717, 1.165) is 12.0 Å². The van der Waals surface area contributed by atoms with Gasteiger partial charge in [-0.2, -0.15) is 0 Å². The Morgan fingerprint density at radius 2 is 2.42 bits per heavy atom. The van der Waals surface area contributed by atoms with Crippen molar-refractivity contribution in [2.75, 3.05) is 6.61 Å². The molecule has 0 saturated heterocycles. The van der Waals surface area contributed by atoms with Crippen molar-refractivity contribution < 1.29 is 9.53 Å². The monoisotopic (exact) mass is 282 g/mol. The van der Waals surface area contributed by atoms with E-state index in [1.54, 1.807) is 6.07 Å². The van der Waals surface area contributed by atoms with Gasteiger partial charge < -0.3 is 15.8 Å². The molecular weight excluding hydrogens is 264 g/mol. The van der Waals surface area contributed by atoms with Gasteiger partial charge in [-0.15, -0.1) is 0 Å². The summed E-state index contributed by atoms with van der Waals surface area (Å²) in [5.74, 6) is 0.711. The average molecular weight is 283 g/mol. The molecule has 2 rings (SSSR count). The maximum Gasteiger partial charge on any atom is 0.220 e. The first-order chi connectivity index (χ1) is 9.08. The molecule has 0 aliphatic carbocycles. The van der Waals surface area contributed by atoms with Crippen LogP contribution < -0.4 is 15.8 Å². The molecule has 2 atom stereocenters. The Hall–Kier alpha value is -1.26. The second-order valence-electron chi connectivity index (χ2n) is 4.93. The van der Waals surface area contributed by atoms with Gasteiger partial charge in [0, 0.05) is 24.4 Å². The van der Waals surface area contributed by atoms with E-state index in [-0.39, 0.29) is 18.0 Å². The maximum absolute atomic E-state index is 11.9. The highest BCUT2D eigenvalue weighted by atomic mass is 35.5. The molecule has 1 aromatic carbocycles. The molecule has 1 aromatic rings. The second-order valence-corrected chi connectivity index (χ2v) is 5.34. The molecule has 1 amide bonds. The van der Waals surface area contributed by atoms with Crippen LogP contribution >= 0.6 is 11.6 Å². The van der Waals surface area contributed by atoms with Gasteiger partial charge in [-0.05, 0) is 19.4 Å². The van der Waals surface area contributed by atoms with E-state index in [9.17, 15) is 4.79 Å². The molecule has 1 heterocycles. The summed E-state index contributed by atoms with van der Waals surface area (Å²) >= 11 is 6.09. The van der Waals surface area contributed by atoms with Crippen LogP contribution in [0.15, 0.2) is 18.2 Å². The molecule has 19 heavy (non-hydrogen) atoms. The number of para-hydroxylation sites is 1. The average Bonchev–Trinajstić information content (AvgIpc) is 2.38. The molecule has 0 bridgehead atoms. The molecule has 0 fully saturated rings. The molecule has 1 aliphatic rings. The Morgan fingerprint density at radius 1 is 1.63 bits per heavy atom. The van der Waals surface area contributed by atoms with Gasteiger partial charge in [-0.1, -0.05) is 23.7 Å². The summed E-state index contributed by atoms with van der Waals surface area (Å²) < 4.78 is 5.56. The standard InChI is InChI=1S/C14H19ClN2O2/c1-9(16)5-6-13(18)17-12-7-8-19-14-10(12)3-2-4-11(14)15/h2-4,9,12H,5-8,16H2,1H3,(H,17,18). The number of hydrogen-bond acceptors (Lipinski definition) is 3. The first kappa shape index (κ1) is 14.2. The van der Waals surface area contributed by atoms with E-state index in [4.69, 9.17) is 22.1 Å². The molecular formula is C14H19ClN2O2. The van der Waals surface area contributed by atoms with E-state index in [2.05, 4.69) is 5.32 Å². The maximum atomic E-state index is 11.9. The predicted octanol–water partition coefficient (Wildman–Crippen LogP) is 2.41.